The molecular formula is C22H33N11O12P2. The maximum atomic E-state index is 13.5. The molecule has 7 heterocycles. The van der Waals surface area contributed by atoms with Gasteiger partial charge in [-0.1, -0.05) is 0 Å². The zero-order valence-electron chi connectivity index (χ0n) is 24.2. The Labute approximate surface area is 264 Å². The minimum atomic E-state index is -4.99. The first-order chi connectivity index (χ1) is 22.4. The van der Waals surface area contributed by atoms with Gasteiger partial charge in [-0.3, -0.25) is 43.5 Å². The summed E-state index contributed by atoms with van der Waals surface area (Å²) in [6.45, 7) is -1.26. The molecule has 0 aromatic carbocycles. The number of carbonyl (C=O) groups is 1. The SMILES string of the molecule is NCCC1[C@H]2OP(=O)(O)OC[C@H]3O[C@@H](n4cnc5c(N)ncnc54)[C@H](O)[C@@H]3OP(=O)(O)OC[C@H]1O[C@H]2N1C=NC2C(=O)NC(N)NC21. The minimum Gasteiger partial charge on any atom is -0.386 e. The van der Waals surface area contributed by atoms with Crippen LogP contribution in [0.15, 0.2) is 17.6 Å². The van der Waals surface area contributed by atoms with E-state index in [4.69, 9.17) is 44.8 Å². The Bertz CT molecular complexity index is 1650. The highest BCUT2D eigenvalue weighted by atomic mass is 31.2. The lowest BCUT2D eigenvalue weighted by Gasteiger charge is -2.39. The monoisotopic (exact) mass is 705 g/mol. The standard InChI is InChI=1S/C22H33N11O12P2/c23-2-1-8-9-3-40-47(38,39)45-15-10(43-20(13(15)34)32-6-28-11-16(24)26-5-27-17(11)32)4-41-46(36,37)44-14(8)21(42-9)33-7-29-12-18(33)30-22(25)31-19(12)35/h5-10,12-15,18,20-22,30,34H,1-4,23,25H2,(H,31,35)(H,36,37)(H,38,39)(H2,24,26,27)/t8?,9-,10-,12?,13-,14-,15-,18?,20-,21-,22?/m1/s1. The molecule has 5 aliphatic heterocycles. The zero-order chi connectivity index (χ0) is 33.2. The number of aliphatic hydroxyl groups excluding tert-OH is 1. The summed E-state index contributed by atoms with van der Waals surface area (Å²) >= 11 is 0. The topological polar surface area (TPSA) is 329 Å². The van der Waals surface area contributed by atoms with Gasteiger partial charge < -0.3 is 46.1 Å². The molecule has 47 heavy (non-hydrogen) atoms. The van der Waals surface area contributed by atoms with Gasteiger partial charge in [0, 0.05) is 5.92 Å². The van der Waals surface area contributed by atoms with E-state index >= 15 is 0 Å². The highest BCUT2D eigenvalue weighted by Gasteiger charge is 2.56. The highest BCUT2D eigenvalue weighted by molar-refractivity contribution is 7.47. The molecule has 2 aromatic heterocycles. The van der Waals surface area contributed by atoms with Gasteiger partial charge in [-0.05, 0) is 13.0 Å². The highest BCUT2D eigenvalue weighted by Crippen LogP contribution is 2.54. The molecule has 23 nitrogen and oxygen atoms in total. The van der Waals surface area contributed by atoms with Crippen molar-refractivity contribution in [2.24, 2.45) is 22.4 Å². The second-order valence-electron chi connectivity index (χ2n) is 11.4. The van der Waals surface area contributed by atoms with E-state index in [0.29, 0.717) is 0 Å². The van der Waals surface area contributed by atoms with Crippen LogP contribution < -0.4 is 27.8 Å². The number of nitrogens with two attached hydrogens (primary N) is 3. The number of fused-ring (bicyclic) bond motifs is 5. The van der Waals surface area contributed by atoms with Crippen molar-refractivity contribution >= 4 is 44.9 Å². The van der Waals surface area contributed by atoms with E-state index in [1.54, 1.807) is 0 Å². The molecule has 4 fully saturated rings. The van der Waals surface area contributed by atoms with E-state index in [-0.39, 0.29) is 29.9 Å². The van der Waals surface area contributed by atoms with Crippen LogP contribution in [0.4, 0.5) is 5.82 Å². The number of ether oxygens (including phenoxy) is 2. The maximum Gasteiger partial charge on any atom is 0.472 e. The van der Waals surface area contributed by atoms with Crippen molar-refractivity contribution in [1.82, 2.24) is 35.1 Å². The molecule has 2 bridgehead atoms. The van der Waals surface area contributed by atoms with Crippen LogP contribution in [-0.4, -0.2) is 127 Å². The van der Waals surface area contributed by atoms with E-state index in [1.807, 2.05) is 0 Å². The van der Waals surface area contributed by atoms with Crippen molar-refractivity contribution in [3.8, 4) is 0 Å². The lowest BCUT2D eigenvalue weighted by Crippen LogP contribution is -2.70. The first kappa shape index (κ1) is 32.8. The Morgan fingerprint density at radius 2 is 1.72 bits per heavy atom. The number of phosphoric ester groups is 2. The number of nitrogens with zero attached hydrogens (tertiary/aromatic N) is 6. The van der Waals surface area contributed by atoms with Crippen LogP contribution >= 0.6 is 15.6 Å². The molecule has 0 aliphatic carbocycles. The number of carbonyl (C=O) groups excluding carboxylic acids is 1. The van der Waals surface area contributed by atoms with Crippen molar-refractivity contribution in [3.05, 3.63) is 12.7 Å². The number of rotatable bonds is 4. The summed E-state index contributed by atoms with van der Waals surface area (Å²) in [5, 5.41) is 16.7. The van der Waals surface area contributed by atoms with Gasteiger partial charge in [0.25, 0.3) is 5.91 Å². The molecule has 0 saturated carbocycles. The van der Waals surface area contributed by atoms with E-state index < -0.39 is 102 Å². The van der Waals surface area contributed by atoms with Crippen LogP contribution in [0, 0.1) is 5.92 Å². The number of imidazole rings is 1. The number of phosphoric acid groups is 2. The molecule has 6 unspecified atom stereocenters. The van der Waals surface area contributed by atoms with Gasteiger partial charge in [-0.2, -0.15) is 0 Å². The molecule has 5 aliphatic rings. The summed E-state index contributed by atoms with van der Waals surface area (Å²) in [7, 11) is -9.97. The fraction of sp³-hybridized carbons (Fsp3) is 0.682. The largest absolute Gasteiger partial charge is 0.472 e. The summed E-state index contributed by atoms with van der Waals surface area (Å²) < 4.78 is 62.0. The Hall–Kier alpha value is -2.73. The molecule has 0 spiro atoms. The predicted octanol–water partition coefficient (Wildman–Crippen LogP) is -3.62. The zero-order valence-corrected chi connectivity index (χ0v) is 26.0. The number of aromatic nitrogens is 4. The van der Waals surface area contributed by atoms with Gasteiger partial charge in [0.05, 0.1) is 32.0 Å². The van der Waals surface area contributed by atoms with Crippen LogP contribution in [0.3, 0.4) is 0 Å². The third-order valence-corrected chi connectivity index (χ3v) is 10.4. The number of aliphatic hydroxyl groups is 1. The molecule has 11 N–H and O–H groups in total. The summed E-state index contributed by atoms with van der Waals surface area (Å²) in [6.07, 6.45) is -7.41. The van der Waals surface area contributed by atoms with Crippen LogP contribution in [0.5, 0.6) is 0 Å². The van der Waals surface area contributed by atoms with Crippen molar-refractivity contribution in [2.75, 3.05) is 25.5 Å². The first-order valence-corrected chi connectivity index (χ1v) is 17.4. The lowest BCUT2D eigenvalue weighted by atomic mass is 9.94. The van der Waals surface area contributed by atoms with Gasteiger partial charge in [-0.25, -0.2) is 24.1 Å². The number of nitrogen functional groups attached to an aromatic ring is 1. The fourth-order valence-electron chi connectivity index (χ4n) is 6.37. The van der Waals surface area contributed by atoms with Crippen LogP contribution in [0.2, 0.25) is 0 Å². The predicted molar refractivity (Wildman–Crippen MR) is 154 cm³/mol. The van der Waals surface area contributed by atoms with Crippen molar-refractivity contribution in [3.63, 3.8) is 0 Å². The number of amides is 1. The maximum absolute atomic E-state index is 13.5. The molecule has 13 atom stereocenters. The number of hydrogen-bond donors (Lipinski definition) is 8. The number of nitrogens with one attached hydrogen (secondary N) is 2. The summed E-state index contributed by atoms with van der Waals surface area (Å²) in [6, 6.07) is -0.928. The Balaban J connectivity index is 1.18. The first-order valence-electron chi connectivity index (χ1n) is 14.4. The average Bonchev–Trinajstić information content (AvgIpc) is 3.76. The second kappa shape index (κ2) is 12.3. The molecule has 7 rings (SSSR count). The Kier molecular flexibility index (Phi) is 8.59. The lowest BCUT2D eigenvalue weighted by molar-refractivity contribution is -0.130. The Morgan fingerprint density at radius 1 is 1.02 bits per heavy atom. The van der Waals surface area contributed by atoms with Gasteiger partial charge in [0.1, 0.15) is 48.7 Å². The fourth-order valence-corrected chi connectivity index (χ4v) is 8.30. The van der Waals surface area contributed by atoms with Crippen LogP contribution in [0.1, 0.15) is 12.6 Å². The van der Waals surface area contributed by atoms with E-state index in [1.165, 1.54) is 28.5 Å². The summed E-state index contributed by atoms with van der Waals surface area (Å²) in [4.78, 5) is 52.0. The smallest absolute Gasteiger partial charge is 0.386 e. The molecule has 2 aromatic rings. The second-order valence-corrected chi connectivity index (χ2v) is 14.2. The summed E-state index contributed by atoms with van der Waals surface area (Å²) in [5.41, 5.74) is 18.0. The van der Waals surface area contributed by atoms with Gasteiger partial charge in [-0.15, -0.1) is 0 Å². The third kappa shape index (κ3) is 6.06. The molecule has 0 radical (unpaired) electrons. The van der Waals surface area contributed by atoms with Crippen LogP contribution in [0.25, 0.3) is 11.2 Å². The van der Waals surface area contributed by atoms with Gasteiger partial charge in [0.15, 0.2) is 30.0 Å². The normalized spacial score (nSPS) is 44.0. The number of hydrogen-bond acceptors (Lipinski definition) is 19. The quantitative estimate of drug-likeness (QED) is 0.142. The Morgan fingerprint density at radius 3 is 2.47 bits per heavy atom. The third-order valence-electron chi connectivity index (χ3n) is 8.47. The number of anilines is 1. The average molecular weight is 706 g/mol. The van der Waals surface area contributed by atoms with Gasteiger partial charge >= 0.3 is 15.6 Å². The molecule has 25 heteroatoms. The van der Waals surface area contributed by atoms with Crippen molar-refractivity contribution in [2.45, 2.75) is 67.9 Å². The molecule has 1 amide bonds. The number of aliphatic imine (C=N–C) groups is 1. The molecular weight excluding hydrogens is 672 g/mol. The summed E-state index contributed by atoms with van der Waals surface area (Å²) in [5.74, 6) is -1.20. The van der Waals surface area contributed by atoms with E-state index in [9.17, 15) is 28.8 Å². The van der Waals surface area contributed by atoms with Crippen LogP contribution in [-0.2, 0) is 41.5 Å². The van der Waals surface area contributed by atoms with E-state index in [0.717, 1.165) is 0 Å². The molecule has 258 valence electrons. The molecule has 4 saturated heterocycles. The minimum absolute atomic E-state index is 0.0548. The van der Waals surface area contributed by atoms with E-state index in [2.05, 4.69) is 30.6 Å². The van der Waals surface area contributed by atoms with Gasteiger partial charge in [0.2, 0.25) is 0 Å². The van der Waals surface area contributed by atoms with Crippen molar-refractivity contribution < 1.29 is 56.4 Å². The van der Waals surface area contributed by atoms with Crippen molar-refractivity contribution in [1.29, 1.82) is 0 Å².